The number of hydrogen-bond acceptors (Lipinski definition) is 0. The van der Waals surface area contributed by atoms with E-state index >= 15 is 0 Å². The normalized spacial score (nSPS) is 10.3. The highest BCUT2D eigenvalue weighted by atomic mass is 127. The molecule has 1 heteroatoms. The molecule has 2 aromatic rings. The summed E-state index contributed by atoms with van der Waals surface area (Å²) in [7, 11) is 0. The molecule has 0 aromatic heterocycles. The van der Waals surface area contributed by atoms with Gasteiger partial charge in [-0.25, -0.2) is 0 Å². The Morgan fingerprint density at radius 3 is 2.53 bits per heavy atom. The summed E-state index contributed by atoms with van der Waals surface area (Å²) >= 11 is 2.30. The van der Waals surface area contributed by atoms with Crippen LogP contribution in [0.5, 0.6) is 0 Å². The second kappa shape index (κ2) is 4.35. The van der Waals surface area contributed by atoms with Gasteiger partial charge in [-0.05, 0) is 65.3 Å². The molecule has 0 nitrogen and oxygen atoms in total. The van der Waals surface area contributed by atoms with Crippen molar-refractivity contribution in [2.75, 3.05) is 0 Å². The Balaban J connectivity index is 2.54. The lowest BCUT2D eigenvalue weighted by Gasteiger charge is -2.07. The first-order valence-electron chi connectivity index (χ1n) is 4.92. The number of halogens is 1. The molecular weight excluding hydrogens is 295 g/mol. The van der Waals surface area contributed by atoms with Crippen molar-refractivity contribution in [3.8, 4) is 11.1 Å². The lowest BCUT2D eigenvalue weighted by Crippen LogP contribution is -1.85. The monoisotopic (exact) mass is 307 g/mol. The predicted molar refractivity (Wildman–Crippen MR) is 72.9 cm³/mol. The minimum atomic E-state index is 1.16. The second-order valence-electron chi connectivity index (χ2n) is 3.74. The molecule has 0 saturated heterocycles. The molecule has 0 spiro atoms. The third-order valence-electron chi connectivity index (χ3n) is 2.46. The summed E-state index contributed by atoms with van der Waals surface area (Å²) in [6.45, 7) is 4.28. The highest BCUT2D eigenvalue weighted by Crippen LogP contribution is 2.25. The van der Waals surface area contributed by atoms with E-state index in [9.17, 15) is 0 Å². The summed E-state index contributed by atoms with van der Waals surface area (Å²) in [6.07, 6.45) is 0. The van der Waals surface area contributed by atoms with Crippen LogP contribution in [0.4, 0.5) is 0 Å². The van der Waals surface area contributed by atoms with Crippen molar-refractivity contribution < 1.29 is 0 Å². The van der Waals surface area contributed by atoms with E-state index in [-0.39, 0.29) is 0 Å². The zero-order valence-electron chi connectivity index (χ0n) is 8.84. The molecule has 0 unspecified atom stereocenters. The lowest BCUT2D eigenvalue weighted by atomic mass is 9.99. The maximum Gasteiger partial charge on any atom is 0.0215 e. The van der Waals surface area contributed by atoms with Gasteiger partial charge in [0.25, 0.3) is 0 Å². The van der Waals surface area contributed by atoms with Gasteiger partial charge in [-0.2, -0.15) is 0 Å². The molecule has 75 valence electrons. The fourth-order valence-corrected chi connectivity index (χ4v) is 2.26. The SMILES string of the molecule is Cc1ccc(-c2cc[c]c(I)c2)c(C)c1. The molecule has 0 fully saturated rings. The van der Waals surface area contributed by atoms with Crippen molar-refractivity contribution >= 4 is 22.6 Å². The van der Waals surface area contributed by atoms with Crippen molar-refractivity contribution in [2.24, 2.45) is 0 Å². The molecule has 15 heavy (non-hydrogen) atoms. The van der Waals surface area contributed by atoms with E-state index in [4.69, 9.17) is 0 Å². The predicted octanol–water partition coefficient (Wildman–Crippen LogP) is 4.38. The van der Waals surface area contributed by atoms with Crippen molar-refractivity contribution in [1.82, 2.24) is 0 Å². The van der Waals surface area contributed by atoms with Crippen LogP contribution in [0.3, 0.4) is 0 Å². The van der Waals surface area contributed by atoms with Gasteiger partial charge in [0, 0.05) is 3.57 Å². The maximum atomic E-state index is 3.16. The minimum absolute atomic E-state index is 1.16. The van der Waals surface area contributed by atoms with E-state index in [0.29, 0.717) is 0 Å². The Labute approximate surface area is 104 Å². The maximum absolute atomic E-state index is 3.16. The van der Waals surface area contributed by atoms with Crippen molar-refractivity contribution in [3.05, 3.63) is 57.2 Å². The number of benzene rings is 2. The number of hydrogen-bond donors (Lipinski definition) is 0. The van der Waals surface area contributed by atoms with Crippen LogP contribution < -0.4 is 0 Å². The lowest BCUT2D eigenvalue weighted by molar-refractivity contribution is 1.38. The van der Waals surface area contributed by atoms with Crippen LogP contribution in [0, 0.1) is 23.5 Å². The Hall–Kier alpha value is -0.830. The fraction of sp³-hybridized carbons (Fsp3) is 0.143. The number of aryl methyl sites for hydroxylation is 2. The highest BCUT2D eigenvalue weighted by molar-refractivity contribution is 14.1. The molecule has 0 saturated carbocycles. The Morgan fingerprint density at radius 1 is 1.07 bits per heavy atom. The minimum Gasteiger partial charge on any atom is -0.0587 e. The van der Waals surface area contributed by atoms with Crippen LogP contribution in [0.1, 0.15) is 11.1 Å². The molecule has 0 aliphatic rings. The van der Waals surface area contributed by atoms with Crippen LogP contribution >= 0.6 is 22.6 Å². The molecule has 0 bridgehead atoms. The molecule has 0 amide bonds. The van der Waals surface area contributed by atoms with E-state index in [2.05, 4.69) is 72.8 Å². The van der Waals surface area contributed by atoms with Crippen LogP contribution in [0.15, 0.2) is 36.4 Å². The van der Waals surface area contributed by atoms with Crippen LogP contribution in [-0.2, 0) is 0 Å². The highest BCUT2D eigenvalue weighted by Gasteiger charge is 2.01. The average molecular weight is 307 g/mol. The first-order chi connectivity index (χ1) is 7.16. The molecular formula is C14H12I. The fourth-order valence-electron chi connectivity index (χ4n) is 1.74. The van der Waals surface area contributed by atoms with Gasteiger partial charge >= 0.3 is 0 Å². The summed E-state index contributed by atoms with van der Waals surface area (Å²) in [5, 5.41) is 0. The standard InChI is InChI=1S/C14H12I/c1-10-6-7-14(11(2)8-10)12-4-3-5-13(15)9-12/h3-4,6-9H,1-2H3. The van der Waals surface area contributed by atoms with E-state index in [1.807, 2.05) is 6.07 Å². The van der Waals surface area contributed by atoms with Gasteiger partial charge < -0.3 is 0 Å². The summed E-state index contributed by atoms with van der Waals surface area (Å²) < 4.78 is 1.16. The summed E-state index contributed by atoms with van der Waals surface area (Å²) in [6, 6.07) is 16.0. The van der Waals surface area contributed by atoms with Crippen molar-refractivity contribution in [1.29, 1.82) is 0 Å². The molecule has 0 atom stereocenters. The van der Waals surface area contributed by atoms with E-state index in [1.54, 1.807) is 0 Å². The van der Waals surface area contributed by atoms with Gasteiger partial charge in [0.2, 0.25) is 0 Å². The topological polar surface area (TPSA) is 0 Å². The van der Waals surface area contributed by atoms with Gasteiger partial charge in [-0.1, -0.05) is 35.9 Å². The van der Waals surface area contributed by atoms with Crippen LogP contribution in [-0.4, -0.2) is 0 Å². The zero-order valence-corrected chi connectivity index (χ0v) is 11.0. The van der Waals surface area contributed by atoms with Crippen LogP contribution in [0.2, 0.25) is 0 Å². The second-order valence-corrected chi connectivity index (χ2v) is 4.91. The third-order valence-corrected chi connectivity index (χ3v) is 3.08. The van der Waals surface area contributed by atoms with Crippen molar-refractivity contribution in [2.45, 2.75) is 13.8 Å². The van der Waals surface area contributed by atoms with Gasteiger partial charge in [-0.3, -0.25) is 0 Å². The molecule has 0 aliphatic carbocycles. The van der Waals surface area contributed by atoms with E-state index in [1.165, 1.54) is 22.3 Å². The smallest absolute Gasteiger partial charge is 0.0215 e. The average Bonchev–Trinajstić information content (AvgIpc) is 2.17. The molecule has 0 aliphatic heterocycles. The Morgan fingerprint density at radius 2 is 1.87 bits per heavy atom. The zero-order chi connectivity index (χ0) is 10.8. The van der Waals surface area contributed by atoms with Gasteiger partial charge in [0.05, 0.1) is 0 Å². The van der Waals surface area contributed by atoms with Crippen molar-refractivity contribution in [3.63, 3.8) is 0 Å². The van der Waals surface area contributed by atoms with Gasteiger partial charge in [0.1, 0.15) is 0 Å². The van der Waals surface area contributed by atoms with Crippen LogP contribution in [0.25, 0.3) is 11.1 Å². The molecule has 0 heterocycles. The molecule has 1 radical (unpaired) electrons. The summed E-state index contributed by atoms with van der Waals surface area (Å²) in [4.78, 5) is 0. The Bertz CT molecular complexity index is 486. The first kappa shape index (κ1) is 10.7. The molecule has 0 N–H and O–H groups in total. The summed E-state index contributed by atoms with van der Waals surface area (Å²) in [5.41, 5.74) is 5.23. The number of rotatable bonds is 1. The first-order valence-corrected chi connectivity index (χ1v) is 5.99. The van der Waals surface area contributed by atoms with Gasteiger partial charge in [-0.15, -0.1) is 0 Å². The summed E-state index contributed by atoms with van der Waals surface area (Å²) in [5.74, 6) is 0. The third kappa shape index (κ3) is 2.40. The molecule has 2 rings (SSSR count). The molecule has 2 aromatic carbocycles. The largest absolute Gasteiger partial charge is 0.0587 e. The quantitative estimate of drug-likeness (QED) is 0.686. The van der Waals surface area contributed by atoms with Gasteiger partial charge in [0.15, 0.2) is 0 Å². The van der Waals surface area contributed by atoms with E-state index < -0.39 is 0 Å². The Kier molecular flexibility index (Phi) is 3.10. The van der Waals surface area contributed by atoms with E-state index in [0.717, 1.165) is 3.57 Å².